The summed E-state index contributed by atoms with van der Waals surface area (Å²) in [6.07, 6.45) is 0. The number of rotatable bonds is 2. The molecule has 1 amide bonds. The van der Waals surface area contributed by atoms with Crippen LogP contribution < -0.4 is 5.32 Å². The van der Waals surface area contributed by atoms with Crippen molar-refractivity contribution in [3.63, 3.8) is 0 Å². The highest BCUT2D eigenvalue weighted by atomic mass is 79.9. The SMILES string of the molecule is CNC(=O)c1cc(Br)c(S(=O)(=O)Cl)[nH]1. The molecule has 0 unspecified atom stereocenters. The van der Waals surface area contributed by atoms with Crippen molar-refractivity contribution in [3.8, 4) is 0 Å². The topological polar surface area (TPSA) is 79.0 Å². The van der Waals surface area contributed by atoms with Gasteiger partial charge in [0.05, 0.1) is 4.47 Å². The lowest BCUT2D eigenvalue weighted by Crippen LogP contribution is -2.18. The number of H-pyrrole nitrogens is 1. The second-order valence-corrected chi connectivity index (χ2v) is 5.73. The van der Waals surface area contributed by atoms with E-state index >= 15 is 0 Å². The minimum atomic E-state index is -3.86. The molecular weight excluding hydrogens is 296 g/mol. The van der Waals surface area contributed by atoms with E-state index in [1.807, 2.05) is 0 Å². The van der Waals surface area contributed by atoms with E-state index in [4.69, 9.17) is 10.7 Å². The molecule has 1 aromatic rings. The highest BCUT2D eigenvalue weighted by Gasteiger charge is 2.19. The van der Waals surface area contributed by atoms with Crippen molar-refractivity contribution in [1.82, 2.24) is 10.3 Å². The molecule has 2 N–H and O–H groups in total. The molecule has 0 saturated carbocycles. The van der Waals surface area contributed by atoms with Crippen LogP contribution in [0.5, 0.6) is 0 Å². The van der Waals surface area contributed by atoms with E-state index in [-0.39, 0.29) is 15.2 Å². The molecule has 0 spiro atoms. The third-order valence-corrected chi connectivity index (χ3v) is 3.61. The highest BCUT2D eigenvalue weighted by Crippen LogP contribution is 2.25. The number of halogens is 2. The van der Waals surface area contributed by atoms with E-state index < -0.39 is 15.0 Å². The summed E-state index contributed by atoms with van der Waals surface area (Å²) in [4.78, 5) is 13.5. The monoisotopic (exact) mass is 300 g/mol. The molecule has 0 aliphatic rings. The Balaban J connectivity index is 3.25. The van der Waals surface area contributed by atoms with Crippen molar-refractivity contribution in [2.24, 2.45) is 0 Å². The van der Waals surface area contributed by atoms with Crippen LogP contribution >= 0.6 is 26.6 Å². The smallest absolute Gasteiger partial charge is 0.277 e. The van der Waals surface area contributed by atoms with Crippen LogP contribution in [0, 0.1) is 0 Å². The van der Waals surface area contributed by atoms with Gasteiger partial charge in [0, 0.05) is 17.7 Å². The summed E-state index contributed by atoms with van der Waals surface area (Å²) in [5.74, 6) is -0.419. The Labute approximate surface area is 93.4 Å². The molecule has 8 heteroatoms. The number of aromatic amines is 1. The fraction of sp³-hybridized carbons (Fsp3) is 0.167. The van der Waals surface area contributed by atoms with Crippen LogP contribution in [-0.2, 0) is 9.05 Å². The van der Waals surface area contributed by atoms with Gasteiger partial charge in [0.15, 0.2) is 5.03 Å². The van der Waals surface area contributed by atoms with Crippen LogP contribution in [0.3, 0.4) is 0 Å². The first-order valence-corrected chi connectivity index (χ1v) is 6.51. The van der Waals surface area contributed by atoms with Gasteiger partial charge in [-0.1, -0.05) is 0 Å². The zero-order valence-electron chi connectivity index (χ0n) is 6.97. The molecule has 1 aromatic heterocycles. The number of amides is 1. The molecule has 14 heavy (non-hydrogen) atoms. The largest absolute Gasteiger partial charge is 0.354 e. The molecule has 0 atom stereocenters. The van der Waals surface area contributed by atoms with Gasteiger partial charge in [0.2, 0.25) is 0 Å². The van der Waals surface area contributed by atoms with Gasteiger partial charge in [0.1, 0.15) is 5.69 Å². The summed E-state index contributed by atoms with van der Waals surface area (Å²) < 4.78 is 22.1. The molecule has 0 aromatic carbocycles. The van der Waals surface area contributed by atoms with Gasteiger partial charge in [-0.05, 0) is 22.0 Å². The van der Waals surface area contributed by atoms with Crippen molar-refractivity contribution < 1.29 is 13.2 Å². The van der Waals surface area contributed by atoms with Crippen LogP contribution in [0.2, 0.25) is 0 Å². The number of hydrogen-bond donors (Lipinski definition) is 2. The van der Waals surface area contributed by atoms with Crippen LogP contribution in [0.1, 0.15) is 10.5 Å². The fourth-order valence-electron chi connectivity index (χ4n) is 0.845. The maximum absolute atomic E-state index is 11.1. The Morgan fingerprint density at radius 1 is 1.64 bits per heavy atom. The first-order valence-electron chi connectivity index (χ1n) is 3.41. The molecule has 0 radical (unpaired) electrons. The normalized spacial score (nSPS) is 11.4. The van der Waals surface area contributed by atoms with Crippen molar-refractivity contribution in [1.29, 1.82) is 0 Å². The summed E-state index contributed by atoms with van der Waals surface area (Å²) in [6, 6.07) is 1.34. The molecule has 1 heterocycles. The number of hydrogen-bond acceptors (Lipinski definition) is 3. The molecule has 0 aliphatic carbocycles. The Morgan fingerprint density at radius 2 is 2.21 bits per heavy atom. The first-order chi connectivity index (χ1) is 6.36. The minimum Gasteiger partial charge on any atom is -0.354 e. The van der Waals surface area contributed by atoms with Crippen LogP contribution in [0.4, 0.5) is 0 Å². The van der Waals surface area contributed by atoms with E-state index in [1.54, 1.807) is 0 Å². The van der Waals surface area contributed by atoms with Crippen LogP contribution in [0.15, 0.2) is 15.6 Å². The van der Waals surface area contributed by atoms with Gasteiger partial charge >= 0.3 is 0 Å². The Bertz CT molecular complexity index is 467. The summed E-state index contributed by atoms with van der Waals surface area (Å²) in [5.41, 5.74) is 0.124. The Morgan fingerprint density at radius 3 is 2.57 bits per heavy atom. The van der Waals surface area contributed by atoms with Gasteiger partial charge in [-0.25, -0.2) is 8.42 Å². The molecule has 0 aliphatic heterocycles. The van der Waals surface area contributed by atoms with Gasteiger partial charge in [-0.2, -0.15) is 0 Å². The quantitative estimate of drug-likeness (QED) is 0.802. The van der Waals surface area contributed by atoms with Crippen molar-refractivity contribution in [2.45, 2.75) is 5.03 Å². The summed E-state index contributed by atoms with van der Waals surface area (Å²) in [6.45, 7) is 0. The minimum absolute atomic E-state index is 0.124. The lowest BCUT2D eigenvalue weighted by molar-refractivity contribution is 0.0958. The lowest BCUT2D eigenvalue weighted by atomic mass is 10.4. The lowest BCUT2D eigenvalue weighted by Gasteiger charge is -1.94. The summed E-state index contributed by atoms with van der Waals surface area (Å²) in [7, 11) is 2.68. The van der Waals surface area contributed by atoms with E-state index in [0.717, 1.165) is 0 Å². The first kappa shape index (κ1) is 11.5. The molecule has 0 bridgehead atoms. The maximum Gasteiger partial charge on any atom is 0.277 e. The number of carbonyl (C=O) groups is 1. The summed E-state index contributed by atoms with van der Waals surface area (Å²) in [5, 5.41) is 2.12. The van der Waals surface area contributed by atoms with Crippen LogP contribution in [0.25, 0.3) is 0 Å². The molecule has 5 nitrogen and oxygen atoms in total. The van der Waals surface area contributed by atoms with E-state index in [0.29, 0.717) is 0 Å². The Hall–Kier alpha value is -0.530. The van der Waals surface area contributed by atoms with Crippen molar-refractivity contribution in [3.05, 3.63) is 16.2 Å². The average molecular weight is 302 g/mol. The summed E-state index contributed by atoms with van der Waals surface area (Å²) >= 11 is 2.98. The average Bonchev–Trinajstić information content (AvgIpc) is 2.45. The maximum atomic E-state index is 11.1. The predicted molar refractivity (Wildman–Crippen MR) is 54.9 cm³/mol. The zero-order chi connectivity index (χ0) is 10.9. The second-order valence-electron chi connectivity index (χ2n) is 2.38. The third kappa shape index (κ3) is 2.28. The number of carbonyl (C=O) groups excluding carboxylic acids is 1. The molecular formula is C6H6BrClN2O3S. The fourth-order valence-corrected chi connectivity index (χ4v) is 2.98. The van der Waals surface area contributed by atoms with E-state index in [9.17, 15) is 13.2 Å². The van der Waals surface area contributed by atoms with E-state index in [2.05, 4.69) is 26.2 Å². The van der Waals surface area contributed by atoms with Crippen LogP contribution in [-0.4, -0.2) is 26.4 Å². The predicted octanol–water partition coefficient (Wildman–Crippen LogP) is 1.06. The molecule has 0 saturated heterocycles. The Kier molecular flexibility index (Phi) is 3.23. The van der Waals surface area contributed by atoms with Crippen molar-refractivity contribution in [2.75, 3.05) is 7.05 Å². The number of nitrogens with one attached hydrogen (secondary N) is 2. The van der Waals surface area contributed by atoms with Gasteiger partial charge in [-0.15, -0.1) is 0 Å². The van der Waals surface area contributed by atoms with Gasteiger partial charge in [-0.3, -0.25) is 4.79 Å². The zero-order valence-corrected chi connectivity index (χ0v) is 10.1. The number of aromatic nitrogens is 1. The van der Waals surface area contributed by atoms with E-state index in [1.165, 1.54) is 13.1 Å². The van der Waals surface area contributed by atoms with Gasteiger partial charge < -0.3 is 10.3 Å². The molecule has 1 rings (SSSR count). The highest BCUT2D eigenvalue weighted by molar-refractivity contribution is 9.10. The second kappa shape index (κ2) is 3.92. The molecule has 0 fully saturated rings. The standard InChI is InChI=1S/C6H6BrClN2O3S/c1-9-5(11)4-2-3(7)6(10-4)14(8,12)13/h2,10H,1H3,(H,9,11). The van der Waals surface area contributed by atoms with Crippen molar-refractivity contribution >= 4 is 41.6 Å². The molecule has 78 valence electrons. The third-order valence-electron chi connectivity index (χ3n) is 1.45. The van der Waals surface area contributed by atoms with Gasteiger partial charge in [0.25, 0.3) is 15.0 Å².